The molecular formula is C18H23N3O4S. The third-order valence-corrected chi connectivity index (χ3v) is 5.87. The average Bonchev–Trinajstić information content (AvgIpc) is 3.26. The molecule has 0 unspecified atom stereocenters. The lowest BCUT2D eigenvalue weighted by Crippen LogP contribution is -2.36. The Morgan fingerprint density at radius 3 is 2.85 bits per heavy atom. The molecule has 7 nitrogen and oxygen atoms in total. The molecular weight excluding hydrogens is 354 g/mol. The Kier molecular flexibility index (Phi) is 5.75. The second-order valence-electron chi connectivity index (χ2n) is 6.48. The Morgan fingerprint density at radius 1 is 1.31 bits per heavy atom. The van der Waals surface area contributed by atoms with Gasteiger partial charge in [-0.1, -0.05) is 6.07 Å². The van der Waals surface area contributed by atoms with Gasteiger partial charge in [-0.05, 0) is 50.3 Å². The molecule has 26 heavy (non-hydrogen) atoms. The molecule has 0 aliphatic carbocycles. The van der Waals surface area contributed by atoms with Crippen molar-refractivity contribution in [1.82, 2.24) is 14.9 Å². The molecule has 2 N–H and O–H groups in total. The van der Waals surface area contributed by atoms with E-state index in [-0.39, 0.29) is 16.8 Å². The largest absolute Gasteiger partial charge is 0.469 e. The van der Waals surface area contributed by atoms with Crippen molar-refractivity contribution < 1.29 is 17.6 Å². The Balaban J connectivity index is 1.62. The minimum Gasteiger partial charge on any atom is -0.469 e. The Morgan fingerprint density at radius 2 is 2.15 bits per heavy atom. The van der Waals surface area contributed by atoms with Gasteiger partial charge in [-0.25, -0.2) is 13.1 Å². The summed E-state index contributed by atoms with van der Waals surface area (Å²) in [6.45, 7) is 1.97. The standard InChI is InChI=1S/C18H23N3O4S/c1-21-10-8-15(13-21)20-26(23,24)17-6-2-4-14(12-17)18(22)19-9-7-16-5-3-11-25-16/h2-6,11-12,15,20H,7-10,13H2,1H3,(H,19,22)/t15-/m0/s1. The molecule has 3 rings (SSSR count). The number of carbonyl (C=O) groups excluding carboxylic acids is 1. The number of nitrogens with zero attached hydrogens (tertiary/aromatic N) is 1. The molecule has 1 fully saturated rings. The number of nitrogens with one attached hydrogen (secondary N) is 2. The maximum atomic E-state index is 12.6. The van der Waals surface area contributed by atoms with Crippen molar-refractivity contribution in [1.29, 1.82) is 0 Å². The van der Waals surface area contributed by atoms with E-state index in [1.807, 2.05) is 13.1 Å². The molecule has 1 aromatic heterocycles. The number of hydrogen-bond donors (Lipinski definition) is 2. The van der Waals surface area contributed by atoms with Crippen LogP contribution in [0.1, 0.15) is 22.5 Å². The van der Waals surface area contributed by atoms with Crippen molar-refractivity contribution >= 4 is 15.9 Å². The smallest absolute Gasteiger partial charge is 0.251 e. The SMILES string of the molecule is CN1CC[C@H](NS(=O)(=O)c2cccc(C(=O)NCCc3ccco3)c2)C1. The second-order valence-corrected chi connectivity index (χ2v) is 8.20. The van der Waals surface area contributed by atoms with Gasteiger partial charge in [0.15, 0.2) is 0 Å². The zero-order valence-electron chi connectivity index (χ0n) is 14.6. The zero-order chi connectivity index (χ0) is 18.6. The van der Waals surface area contributed by atoms with Crippen molar-refractivity contribution in [2.45, 2.75) is 23.8 Å². The summed E-state index contributed by atoms with van der Waals surface area (Å²) < 4.78 is 33.1. The number of likely N-dealkylation sites (N-methyl/N-ethyl adjacent to an activating group) is 1. The highest BCUT2D eigenvalue weighted by Gasteiger charge is 2.25. The topological polar surface area (TPSA) is 91.7 Å². The highest BCUT2D eigenvalue weighted by molar-refractivity contribution is 7.89. The normalized spacial score (nSPS) is 18.1. The number of rotatable bonds is 7. The number of sulfonamides is 1. The van der Waals surface area contributed by atoms with Gasteiger partial charge in [0.2, 0.25) is 10.0 Å². The van der Waals surface area contributed by atoms with E-state index in [1.54, 1.807) is 24.5 Å². The first-order valence-electron chi connectivity index (χ1n) is 8.55. The summed E-state index contributed by atoms with van der Waals surface area (Å²) in [6.07, 6.45) is 2.94. The highest BCUT2D eigenvalue weighted by Crippen LogP contribution is 2.15. The maximum Gasteiger partial charge on any atom is 0.251 e. The summed E-state index contributed by atoms with van der Waals surface area (Å²) in [5.41, 5.74) is 0.316. The Hall–Kier alpha value is -2.16. The van der Waals surface area contributed by atoms with Crippen LogP contribution in [0.2, 0.25) is 0 Å². The summed E-state index contributed by atoms with van der Waals surface area (Å²) in [6, 6.07) is 9.62. The fourth-order valence-corrected chi connectivity index (χ4v) is 4.29. The number of amides is 1. The van der Waals surface area contributed by atoms with Gasteiger partial charge in [-0.3, -0.25) is 4.79 Å². The van der Waals surface area contributed by atoms with Crippen LogP contribution in [0.15, 0.2) is 52.0 Å². The van der Waals surface area contributed by atoms with Crippen LogP contribution in [0.25, 0.3) is 0 Å². The van der Waals surface area contributed by atoms with Gasteiger partial charge in [0.05, 0.1) is 11.2 Å². The molecule has 1 atom stereocenters. The van der Waals surface area contributed by atoms with E-state index in [2.05, 4.69) is 14.9 Å². The molecule has 8 heteroatoms. The van der Waals surface area contributed by atoms with E-state index in [0.29, 0.717) is 25.1 Å². The number of benzene rings is 1. The summed E-state index contributed by atoms with van der Waals surface area (Å²) in [5.74, 6) is 0.474. The molecule has 1 aliphatic heterocycles. The molecule has 2 aromatic rings. The molecule has 1 aliphatic rings. The van der Waals surface area contributed by atoms with E-state index in [0.717, 1.165) is 18.7 Å². The monoisotopic (exact) mass is 377 g/mol. The van der Waals surface area contributed by atoms with E-state index in [4.69, 9.17) is 4.42 Å². The quantitative estimate of drug-likeness (QED) is 0.757. The summed E-state index contributed by atoms with van der Waals surface area (Å²) in [5, 5.41) is 2.77. The second kappa shape index (κ2) is 8.03. The third-order valence-electron chi connectivity index (χ3n) is 4.36. The van der Waals surface area contributed by atoms with Crippen LogP contribution < -0.4 is 10.0 Å². The first kappa shape index (κ1) is 18.6. The number of likely N-dealkylation sites (tertiary alicyclic amines) is 1. The molecule has 0 saturated carbocycles. The van der Waals surface area contributed by atoms with Gasteiger partial charge in [-0.15, -0.1) is 0 Å². The van der Waals surface area contributed by atoms with Crippen molar-refractivity contribution in [2.24, 2.45) is 0 Å². The minimum absolute atomic E-state index is 0.101. The Bertz CT molecular complexity index is 849. The fraction of sp³-hybridized carbons (Fsp3) is 0.389. The van der Waals surface area contributed by atoms with Gasteiger partial charge in [0, 0.05) is 31.1 Å². The third kappa shape index (κ3) is 4.72. The van der Waals surface area contributed by atoms with E-state index in [1.165, 1.54) is 12.1 Å². The van der Waals surface area contributed by atoms with Crippen LogP contribution in [0.5, 0.6) is 0 Å². The first-order chi connectivity index (χ1) is 12.4. The highest BCUT2D eigenvalue weighted by atomic mass is 32.2. The van der Waals surface area contributed by atoms with Crippen LogP contribution in [0.4, 0.5) is 0 Å². The Labute approximate surface area is 153 Å². The van der Waals surface area contributed by atoms with Crippen molar-refractivity contribution in [2.75, 3.05) is 26.7 Å². The van der Waals surface area contributed by atoms with Crippen LogP contribution in [-0.2, 0) is 16.4 Å². The van der Waals surface area contributed by atoms with Crippen LogP contribution in [0.3, 0.4) is 0 Å². The molecule has 0 bridgehead atoms. The minimum atomic E-state index is -3.65. The lowest BCUT2D eigenvalue weighted by atomic mass is 10.2. The van der Waals surface area contributed by atoms with Crippen molar-refractivity contribution in [3.05, 3.63) is 54.0 Å². The van der Waals surface area contributed by atoms with Gasteiger partial charge in [0.25, 0.3) is 5.91 Å². The van der Waals surface area contributed by atoms with Gasteiger partial charge >= 0.3 is 0 Å². The van der Waals surface area contributed by atoms with Gasteiger partial charge in [-0.2, -0.15) is 0 Å². The number of hydrogen-bond acceptors (Lipinski definition) is 5. The zero-order valence-corrected chi connectivity index (χ0v) is 15.5. The molecule has 2 heterocycles. The summed E-state index contributed by atoms with van der Waals surface area (Å²) in [7, 11) is -1.69. The first-order valence-corrected chi connectivity index (χ1v) is 10.0. The summed E-state index contributed by atoms with van der Waals surface area (Å²) in [4.78, 5) is 14.5. The number of carbonyl (C=O) groups is 1. The molecule has 140 valence electrons. The molecule has 0 spiro atoms. The van der Waals surface area contributed by atoms with Crippen LogP contribution in [-0.4, -0.2) is 51.9 Å². The predicted octanol–water partition coefficient (Wildman–Crippen LogP) is 1.23. The van der Waals surface area contributed by atoms with Gasteiger partial charge in [0.1, 0.15) is 5.76 Å². The fourth-order valence-electron chi connectivity index (χ4n) is 2.98. The molecule has 1 saturated heterocycles. The van der Waals surface area contributed by atoms with Gasteiger partial charge < -0.3 is 14.6 Å². The molecule has 0 radical (unpaired) electrons. The van der Waals surface area contributed by atoms with Crippen LogP contribution >= 0.6 is 0 Å². The van der Waals surface area contributed by atoms with Crippen LogP contribution in [0, 0.1) is 0 Å². The lowest BCUT2D eigenvalue weighted by molar-refractivity contribution is 0.0953. The summed E-state index contributed by atoms with van der Waals surface area (Å²) >= 11 is 0. The average molecular weight is 377 g/mol. The van der Waals surface area contributed by atoms with E-state index < -0.39 is 10.0 Å². The van der Waals surface area contributed by atoms with E-state index >= 15 is 0 Å². The van der Waals surface area contributed by atoms with Crippen molar-refractivity contribution in [3.8, 4) is 0 Å². The van der Waals surface area contributed by atoms with E-state index in [9.17, 15) is 13.2 Å². The number of furan rings is 1. The van der Waals surface area contributed by atoms with Crippen molar-refractivity contribution in [3.63, 3.8) is 0 Å². The maximum absolute atomic E-state index is 12.6. The molecule has 1 amide bonds. The molecule has 1 aromatic carbocycles. The lowest BCUT2D eigenvalue weighted by Gasteiger charge is -2.14. The predicted molar refractivity (Wildman–Crippen MR) is 97.4 cm³/mol.